The predicted octanol–water partition coefficient (Wildman–Crippen LogP) is 1.02. The molecule has 1 aliphatic rings. The van der Waals surface area contributed by atoms with Gasteiger partial charge in [-0.15, -0.1) is 0 Å². The lowest BCUT2D eigenvalue weighted by molar-refractivity contribution is 0.0832. The van der Waals surface area contributed by atoms with E-state index in [0.29, 0.717) is 0 Å². The largest absolute Gasteiger partial charge is 0.393 e. The van der Waals surface area contributed by atoms with Gasteiger partial charge in [-0.1, -0.05) is 0 Å². The molecule has 1 N–H and O–H groups in total. The zero-order chi connectivity index (χ0) is 10.7. The summed E-state index contributed by atoms with van der Waals surface area (Å²) in [6.45, 7) is 3.22. The highest BCUT2D eigenvalue weighted by atomic mass is 16.3. The molecule has 0 amide bonds. The van der Waals surface area contributed by atoms with Crippen molar-refractivity contribution in [2.24, 2.45) is 7.05 Å². The van der Waals surface area contributed by atoms with Crippen LogP contribution in [0.4, 0.5) is 0 Å². The van der Waals surface area contributed by atoms with E-state index >= 15 is 0 Å². The molecule has 15 heavy (non-hydrogen) atoms. The first-order valence-corrected chi connectivity index (χ1v) is 5.75. The first-order valence-electron chi connectivity index (χ1n) is 5.75. The molecule has 1 saturated heterocycles. The van der Waals surface area contributed by atoms with Gasteiger partial charge < -0.3 is 14.6 Å². The van der Waals surface area contributed by atoms with Crippen LogP contribution in [-0.4, -0.2) is 40.3 Å². The quantitative estimate of drug-likeness (QED) is 0.803. The van der Waals surface area contributed by atoms with Crippen molar-refractivity contribution in [2.75, 3.05) is 19.6 Å². The number of piperidine rings is 1. The summed E-state index contributed by atoms with van der Waals surface area (Å²) in [7, 11) is 2.06. The molecule has 1 aliphatic heterocycles. The Bertz CT molecular complexity index is 300. The number of hydrogen-bond acceptors (Lipinski definition) is 2. The molecule has 0 radical (unpaired) electrons. The van der Waals surface area contributed by atoms with Crippen LogP contribution in [0.2, 0.25) is 0 Å². The Balaban J connectivity index is 1.74. The summed E-state index contributed by atoms with van der Waals surface area (Å²) >= 11 is 0. The van der Waals surface area contributed by atoms with Crippen molar-refractivity contribution in [3.8, 4) is 0 Å². The van der Waals surface area contributed by atoms with E-state index in [9.17, 15) is 5.11 Å². The SMILES string of the molecule is Cn1ccc(CCN2CCC(O)CC2)c1. The van der Waals surface area contributed by atoms with E-state index in [1.165, 1.54) is 5.56 Å². The zero-order valence-corrected chi connectivity index (χ0v) is 9.39. The van der Waals surface area contributed by atoms with Crippen molar-refractivity contribution in [3.05, 3.63) is 24.0 Å². The monoisotopic (exact) mass is 208 g/mol. The molecule has 2 heterocycles. The molecule has 0 bridgehead atoms. The van der Waals surface area contributed by atoms with Crippen LogP contribution >= 0.6 is 0 Å². The number of hydrogen-bond donors (Lipinski definition) is 1. The van der Waals surface area contributed by atoms with Crippen LogP contribution in [0.1, 0.15) is 18.4 Å². The van der Waals surface area contributed by atoms with Crippen LogP contribution in [-0.2, 0) is 13.5 Å². The molecule has 0 atom stereocenters. The summed E-state index contributed by atoms with van der Waals surface area (Å²) in [5.74, 6) is 0. The highest BCUT2D eigenvalue weighted by Crippen LogP contribution is 2.11. The van der Waals surface area contributed by atoms with Gasteiger partial charge in [-0.2, -0.15) is 0 Å². The Hall–Kier alpha value is -0.800. The normalized spacial score (nSPS) is 19.6. The van der Waals surface area contributed by atoms with Crippen molar-refractivity contribution in [3.63, 3.8) is 0 Å². The number of aliphatic hydroxyl groups is 1. The summed E-state index contributed by atoms with van der Waals surface area (Å²) in [4.78, 5) is 2.44. The Morgan fingerprint density at radius 2 is 2.13 bits per heavy atom. The van der Waals surface area contributed by atoms with Crippen molar-refractivity contribution in [2.45, 2.75) is 25.4 Å². The molecular weight excluding hydrogens is 188 g/mol. The van der Waals surface area contributed by atoms with Gasteiger partial charge in [0, 0.05) is 39.1 Å². The fourth-order valence-electron chi connectivity index (χ4n) is 2.14. The summed E-state index contributed by atoms with van der Waals surface area (Å²) in [6.07, 6.45) is 7.21. The van der Waals surface area contributed by atoms with Crippen LogP contribution in [0, 0.1) is 0 Å². The van der Waals surface area contributed by atoms with Gasteiger partial charge in [0.1, 0.15) is 0 Å². The Labute approximate surface area is 91.3 Å². The van der Waals surface area contributed by atoms with Gasteiger partial charge in [-0.3, -0.25) is 0 Å². The molecule has 1 fully saturated rings. The van der Waals surface area contributed by atoms with Crippen molar-refractivity contribution >= 4 is 0 Å². The van der Waals surface area contributed by atoms with Gasteiger partial charge in [0.25, 0.3) is 0 Å². The Morgan fingerprint density at radius 3 is 2.73 bits per heavy atom. The summed E-state index contributed by atoms with van der Waals surface area (Å²) < 4.78 is 2.09. The number of likely N-dealkylation sites (tertiary alicyclic amines) is 1. The average molecular weight is 208 g/mol. The molecule has 84 valence electrons. The zero-order valence-electron chi connectivity index (χ0n) is 9.39. The summed E-state index contributed by atoms with van der Waals surface area (Å²) in [6, 6.07) is 2.18. The number of rotatable bonds is 3. The second kappa shape index (κ2) is 4.81. The van der Waals surface area contributed by atoms with Gasteiger partial charge in [-0.25, -0.2) is 0 Å². The standard InChI is InChI=1S/C12H20N2O/c1-13-6-2-11(10-13)3-7-14-8-4-12(15)5-9-14/h2,6,10,12,15H,3-5,7-9H2,1H3. The van der Waals surface area contributed by atoms with Gasteiger partial charge in [0.15, 0.2) is 0 Å². The van der Waals surface area contributed by atoms with E-state index in [-0.39, 0.29) is 6.10 Å². The third-order valence-electron chi connectivity index (χ3n) is 3.17. The number of aromatic nitrogens is 1. The average Bonchev–Trinajstić information content (AvgIpc) is 2.64. The lowest BCUT2D eigenvalue weighted by Gasteiger charge is -2.29. The maximum absolute atomic E-state index is 9.39. The number of aryl methyl sites for hydroxylation is 1. The second-order valence-electron chi connectivity index (χ2n) is 4.51. The lowest BCUT2D eigenvalue weighted by atomic mass is 10.1. The second-order valence-corrected chi connectivity index (χ2v) is 4.51. The van der Waals surface area contributed by atoms with Crippen LogP contribution in [0.3, 0.4) is 0 Å². The maximum atomic E-state index is 9.39. The van der Waals surface area contributed by atoms with E-state index in [0.717, 1.165) is 38.9 Å². The van der Waals surface area contributed by atoms with Crippen LogP contribution in [0.25, 0.3) is 0 Å². The summed E-state index contributed by atoms with van der Waals surface area (Å²) in [5, 5.41) is 9.39. The predicted molar refractivity (Wildman–Crippen MR) is 60.8 cm³/mol. The molecule has 0 aromatic carbocycles. The Morgan fingerprint density at radius 1 is 1.40 bits per heavy atom. The minimum atomic E-state index is -0.0574. The molecule has 0 spiro atoms. The molecule has 0 unspecified atom stereocenters. The lowest BCUT2D eigenvalue weighted by Crippen LogP contribution is -2.36. The van der Waals surface area contributed by atoms with E-state index in [2.05, 4.69) is 35.0 Å². The number of aliphatic hydroxyl groups excluding tert-OH is 1. The van der Waals surface area contributed by atoms with E-state index in [1.54, 1.807) is 0 Å². The number of nitrogens with zero attached hydrogens (tertiary/aromatic N) is 2. The summed E-state index contributed by atoms with van der Waals surface area (Å²) in [5.41, 5.74) is 1.41. The van der Waals surface area contributed by atoms with Gasteiger partial charge in [0.2, 0.25) is 0 Å². The van der Waals surface area contributed by atoms with Crippen LogP contribution in [0.15, 0.2) is 18.5 Å². The van der Waals surface area contributed by atoms with Crippen molar-refractivity contribution in [1.82, 2.24) is 9.47 Å². The smallest absolute Gasteiger partial charge is 0.0564 e. The van der Waals surface area contributed by atoms with Gasteiger partial charge in [-0.05, 0) is 30.9 Å². The minimum Gasteiger partial charge on any atom is -0.393 e. The van der Waals surface area contributed by atoms with Crippen LogP contribution in [0.5, 0.6) is 0 Å². The Kier molecular flexibility index (Phi) is 3.44. The molecule has 3 heteroatoms. The topological polar surface area (TPSA) is 28.4 Å². The van der Waals surface area contributed by atoms with Crippen LogP contribution < -0.4 is 0 Å². The molecular formula is C12H20N2O. The third kappa shape index (κ3) is 3.08. The highest BCUT2D eigenvalue weighted by molar-refractivity contribution is 5.10. The van der Waals surface area contributed by atoms with E-state index in [1.807, 2.05) is 0 Å². The van der Waals surface area contributed by atoms with Crippen molar-refractivity contribution < 1.29 is 5.11 Å². The third-order valence-corrected chi connectivity index (χ3v) is 3.17. The molecule has 3 nitrogen and oxygen atoms in total. The maximum Gasteiger partial charge on any atom is 0.0564 e. The molecule has 0 aliphatic carbocycles. The molecule has 1 aromatic heterocycles. The minimum absolute atomic E-state index is 0.0574. The van der Waals surface area contributed by atoms with Crippen molar-refractivity contribution in [1.29, 1.82) is 0 Å². The first-order chi connectivity index (χ1) is 7.24. The molecule has 1 aromatic rings. The fourth-order valence-corrected chi connectivity index (χ4v) is 2.14. The highest BCUT2D eigenvalue weighted by Gasteiger charge is 2.16. The fraction of sp³-hybridized carbons (Fsp3) is 0.667. The van der Waals surface area contributed by atoms with E-state index < -0.39 is 0 Å². The molecule has 2 rings (SSSR count). The molecule has 0 saturated carbocycles. The van der Waals surface area contributed by atoms with Gasteiger partial charge in [0.05, 0.1) is 6.10 Å². The first kappa shape index (κ1) is 10.7. The van der Waals surface area contributed by atoms with Gasteiger partial charge >= 0.3 is 0 Å². The van der Waals surface area contributed by atoms with E-state index in [4.69, 9.17) is 0 Å².